The molecule has 0 heterocycles. The van der Waals surface area contributed by atoms with E-state index in [1.807, 2.05) is 25.9 Å². The Kier molecular flexibility index (Phi) is 9.89. The smallest absolute Gasteiger partial charge is 0.308 e. The maximum Gasteiger partial charge on any atom is 0.308 e. The highest BCUT2D eigenvalue weighted by Crippen LogP contribution is 2.30. The lowest BCUT2D eigenvalue weighted by molar-refractivity contribution is -0.151. The molecule has 0 amide bonds. The molecule has 0 saturated heterocycles. The fraction of sp³-hybridized carbons (Fsp3) is 0.682. The lowest BCUT2D eigenvalue weighted by Crippen LogP contribution is -2.31. The average Bonchev–Trinajstić information content (AvgIpc) is 2.62. The standard InChI is InChI=1S/C22H37NO3/c1-7-16(3)19-10-9-11-20(13-19)18(8-2)12-17(4)22(25)26-15-21(24)14-23(5)6/h9-11,13,16-18,21,24H,7-8,12,14-15H2,1-6H3. The Hall–Kier alpha value is -1.39. The molecule has 0 saturated carbocycles. The van der Waals surface area contributed by atoms with Crippen molar-refractivity contribution >= 4 is 5.97 Å². The molecule has 0 aliphatic rings. The predicted molar refractivity (Wildman–Crippen MR) is 107 cm³/mol. The Morgan fingerprint density at radius 2 is 1.81 bits per heavy atom. The topological polar surface area (TPSA) is 49.8 Å². The molecule has 0 bridgehead atoms. The largest absolute Gasteiger partial charge is 0.463 e. The minimum atomic E-state index is -0.643. The van der Waals surface area contributed by atoms with Crippen LogP contribution in [0.5, 0.6) is 0 Å². The molecular formula is C22H37NO3. The molecule has 0 aromatic heterocycles. The van der Waals surface area contributed by atoms with E-state index in [0.717, 1.165) is 19.3 Å². The second kappa shape index (κ2) is 11.3. The van der Waals surface area contributed by atoms with Gasteiger partial charge in [-0.3, -0.25) is 4.79 Å². The van der Waals surface area contributed by atoms with E-state index >= 15 is 0 Å². The number of carbonyl (C=O) groups is 1. The second-order valence-electron chi connectivity index (χ2n) is 7.77. The van der Waals surface area contributed by atoms with Gasteiger partial charge in [-0.1, -0.05) is 52.0 Å². The summed E-state index contributed by atoms with van der Waals surface area (Å²) in [7, 11) is 3.76. The molecule has 1 rings (SSSR count). The first kappa shape index (κ1) is 22.7. The summed E-state index contributed by atoms with van der Waals surface area (Å²) in [6.07, 6.45) is 2.24. The van der Waals surface area contributed by atoms with Gasteiger partial charge in [-0.05, 0) is 56.3 Å². The van der Waals surface area contributed by atoms with Gasteiger partial charge in [-0.15, -0.1) is 0 Å². The zero-order chi connectivity index (χ0) is 19.7. The second-order valence-corrected chi connectivity index (χ2v) is 7.77. The number of rotatable bonds is 11. The maximum atomic E-state index is 12.3. The number of aliphatic hydroxyl groups excluding tert-OH is 1. The molecule has 4 nitrogen and oxygen atoms in total. The molecule has 1 N–H and O–H groups in total. The van der Waals surface area contributed by atoms with Crippen LogP contribution in [0.1, 0.15) is 69.9 Å². The van der Waals surface area contributed by atoms with Crippen LogP contribution in [0.3, 0.4) is 0 Å². The van der Waals surface area contributed by atoms with E-state index in [0.29, 0.717) is 18.4 Å². The summed E-state index contributed by atoms with van der Waals surface area (Å²) in [5.41, 5.74) is 2.67. The van der Waals surface area contributed by atoms with Crippen molar-refractivity contribution < 1.29 is 14.6 Å². The first-order valence-corrected chi connectivity index (χ1v) is 9.87. The summed E-state index contributed by atoms with van der Waals surface area (Å²) in [6.45, 7) is 9.08. The Bertz CT molecular complexity index is 544. The molecule has 26 heavy (non-hydrogen) atoms. The quantitative estimate of drug-likeness (QED) is 0.599. The van der Waals surface area contributed by atoms with Gasteiger partial charge in [0.15, 0.2) is 0 Å². The summed E-state index contributed by atoms with van der Waals surface area (Å²) < 4.78 is 5.31. The van der Waals surface area contributed by atoms with E-state index < -0.39 is 6.10 Å². The van der Waals surface area contributed by atoms with Gasteiger partial charge < -0.3 is 14.7 Å². The molecule has 0 radical (unpaired) electrons. The van der Waals surface area contributed by atoms with Crippen LogP contribution in [0.4, 0.5) is 0 Å². The van der Waals surface area contributed by atoms with Crippen LogP contribution in [-0.4, -0.2) is 49.3 Å². The van der Waals surface area contributed by atoms with Gasteiger partial charge in [0.2, 0.25) is 0 Å². The number of ether oxygens (including phenoxy) is 1. The molecule has 0 aliphatic heterocycles. The summed E-state index contributed by atoms with van der Waals surface area (Å²) >= 11 is 0. The predicted octanol–water partition coefficient (Wildman–Crippen LogP) is 4.19. The van der Waals surface area contributed by atoms with Crippen molar-refractivity contribution in [2.75, 3.05) is 27.2 Å². The maximum absolute atomic E-state index is 12.3. The number of aliphatic hydroxyl groups is 1. The highest BCUT2D eigenvalue weighted by atomic mass is 16.5. The van der Waals surface area contributed by atoms with Gasteiger partial charge in [0.05, 0.1) is 5.92 Å². The molecule has 4 heteroatoms. The van der Waals surface area contributed by atoms with Crippen LogP contribution in [0.25, 0.3) is 0 Å². The SMILES string of the molecule is CCC(C)c1cccc(C(CC)CC(C)C(=O)OCC(O)CN(C)C)c1. The van der Waals surface area contributed by atoms with Crippen molar-refractivity contribution in [3.05, 3.63) is 35.4 Å². The Morgan fingerprint density at radius 1 is 1.15 bits per heavy atom. The van der Waals surface area contributed by atoms with Crippen molar-refractivity contribution in [1.29, 1.82) is 0 Å². The van der Waals surface area contributed by atoms with Crippen LogP contribution >= 0.6 is 0 Å². The number of hydrogen-bond acceptors (Lipinski definition) is 4. The fourth-order valence-corrected chi connectivity index (χ4v) is 3.21. The van der Waals surface area contributed by atoms with Crippen molar-refractivity contribution in [3.63, 3.8) is 0 Å². The molecule has 0 spiro atoms. The van der Waals surface area contributed by atoms with E-state index in [1.54, 1.807) is 0 Å². The molecule has 0 aliphatic carbocycles. The van der Waals surface area contributed by atoms with E-state index in [9.17, 15) is 9.90 Å². The number of hydrogen-bond donors (Lipinski definition) is 1. The van der Waals surface area contributed by atoms with E-state index in [2.05, 4.69) is 45.0 Å². The van der Waals surface area contributed by atoms with Gasteiger partial charge in [0.25, 0.3) is 0 Å². The molecule has 1 aromatic carbocycles. The number of likely N-dealkylation sites (N-methyl/N-ethyl adjacent to an activating group) is 1. The number of esters is 1. The Balaban J connectivity index is 2.65. The van der Waals surface area contributed by atoms with Gasteiger partial charge in [0.1, 0.15) is 12.7 Å². The number of benzene rings is 1. The molecule has 4 atom stereocenters. The Labute approximate surface area is 159 Å². The molecule has 1 aromatic rings. The minimum Gasteiger partial charge on any atom is -0.463 e. The molecule has 4 unspecified atom stereocenters. The zero-order valence-corrected chi connectivity index (χ0v) is 17.4. The lowest BCUT2D eigenvalue weighted by Gasteiger charge is -2.22. The first-order chi connectivity index (χ1) is 12.3. The van der Waals surface area contributed by atoms with E-state index in [1.165, 1.54) is 11.1 Å². The third-order valence-corrected chi connectivity index (χ3v) is 5.09. The first-order valence-electron chi connectivity index (χ1n) is 9.87. The molecule has 0 fully saturated rings. The summed E-state index contributed by atoms with van der Waals surface area (Å²) in [4.78, 5) is 14.2. The normalized spacial score (nSPS) is 16.2. The average molecular weight is 364 g/mol. The third kappa shape index (κ3) is 7.46. The van der Waals surface area contributed by atoms with Gasteiger partial charge in [-0.2, -0.15) is 0 Å². The number of carbonyl (C=O) groups excluding carboxylic acids is 1. The summed E-state index contributed by atoms with van der Waals surface area (Å²) in [5.74, 6) is 0.486. The van der Waals surface area contributed by atoms with Crippen molar-refractivity contribution in [2.24, 2.45) is 5.92 Å². The molecular weight excluding hydrogens is 326 g/mol. The van der Waals surface area contributed by atoms with Crippen LogP contribution in [0.2, 0.25) is 0 Å². The van der Waals surface area contributed by atoms with Crippen LogP contribution in [-0.2, 0) is 9.53 Å². The van der Waals surface area contributed by atoms with Gasteiger partial charge in [-0.25, -0.2) is 0 Å². The highest BCUT2D eigenvalue weighted by molar-refractivity contribution is 5.72. The summed E-state index contributed by atoms with van der Waals surface area (Å²) in [6, 6.07) is 8.77. The third-order valence-electron chi connectivity index (χ3n) is 5.09. The van der Waals surface area contributed by atoms with Crippen molar-refractivity contribution in [1.82, 2.24) is 4.90 Å². The van der Waals surface area contributed by atoms with Crippen LogP contribution in [0, 0.1) is 5.92 Å². The van der Waals surface area contributed by atoms with Crippen molar-refractivity contribution in [2.45, 2.75) is 64.9 Å². The number of nitrogens with zero attached hydrogens (tertiary/aromatic N) is 1. The molecule has 148 valence electrons. The van der Waals surface area contributed by atoms with E-state index in [4.69, 9.17) is 4.74 Å². The van der Waals surface area contributed by atoms with Crippen molar-refractivity contribution in [3.8, 4) is 0 Å². The lowest BCUT2D eigenvalue weighted by atomic mass is 9.85. The van der Waals surface area contributed by atoms with Crippen LogP contribution < -0.4 is 0 Å². The minimum absolute atomic E-state index is 0.0572. The highest BCUT2D eigenvalue weighted by Gasteiger charge is 2.22. The fourth-order valence-electron chi connectivity index (χ4n) is 3.21. The summed E-state index contributed by atoms with van der Waals surface area (Å²) in [5, 5.41) is 9.84. The van der Waals surface area contributed by atoms with Crippen LogP contribution in [0.15, 0.2) is 24.3 Å². The monoisotopic (exact) mass is 363 g/mol. The van der Waals surface area contributed by atoms with Gasteiger partial charge in [0, 0.05) is 6.54 Å². The Morgan fingerprint density at radius 3 is 2.38 bits per heavy atom. The van der Waals surface area contributed by atoms with Gasteiger partial charge >= 0.3 is 5.97 Å². The van der Waals surface area contributed by atoms with E-state index in [-0.39, 0.29) is 18.5 Å². The zero-order valence-electron chi connectivity index (χ0n) is 17.4.